The second-order valence-electron chi connectivity index (χ2n) is 6.73. The fourth-order valence-corrected chi connectivity index (χ4v) is 3.37. The van der Waals surface area contributed by atoms with Crippen molar-refractivity contribution in [2.45, 2.75) is 26.8 Å². The Bertz CT molecular complexity index is 1180. The molecular weight excluding hydrogens is 390 g/mol. The Kier molecular flexibility index (Phi) is 5.26. The molecule has 0 aromatic carbocycles. The normalized spacial score (nSPS) is 11.1. The van der Waals surface area contributed by atoms with Gasteiger partial charge in [-0.2, -0.15) is 10.2 Å². The summed E-state index contributed by atoms with van der Waals surface area (Å²) in [5.74, 6) is 0.689. The number of halogens is 1. The van der Waals surface area contributed by atoms with Crippen molar-refractivity contribution < 1.29 is 4.79 Å². The van der Waals surface area contributed by atoms with Crippen molar-refractivity contribution in [3.8, 4) is 5.82 Å². The van der Waals surface area contributed by atoms with Crippen molar-refractivity contribution in [3.05, 3.63) is 65.0 Å². The van der Waals surface area contributed by atoms with E-state index in [0.29, 0.717) is 18.1 Å². The maximum absolute atomic E-state index is 11.9. The molecule has 0 aliphatic carbocycles. The molecule has 1 N–H and O–H groups in total. The predicted molar refractivity (Wildman–Crippen MR) is 110 cm³/mol. The fraction of sp³-hybridized carbons (Fsp3) is 0.250. The van der Waals surface area contributed by atoms with Crippen LogP contribution in [0.2, 0.25) is 5.02 Å². The number of nitrogens with one attached hydrogen (secondary N) is 1. The number of aryl methyl sites for hydroxylation is 1. The summed E-state index contributed by atoms with van der Waals surface area (Å²) in [7, 11) is 0. The Morgan fingerprint density at radius 3 is 2.83 bits per heavy atom. The third-order valence-electron chi connectivity index (χ3n) is 4.49. The second-order valence-corrected chi connectivity index (χ2v) is 7.17. The zero-order valence-corrected chi connectivity index (χ0v) is 16.9. The van der Waals surface area contributed by atoms with Gasteiger partial charge in [0.2, 0.25) is 5.91 Å². The van der Waals surface area contributed by atoms with Gasteiger partial charge >= 0.3 is 0 Å². The summed E-state index contributed by atoms with van der Waals surface area (Å²) in [5.41, 5.74) is 3.53. The highest BCUT2D eigenvalue weighted by Gasteiger charge is 2.12. The Morgan fingerprint density at radius 1 is 1.24 bits per heavy atom. The van der Waals surface area contributed by atoms with Gasteiger partial charge in [-0.1, -0.05) is 11.6 Å². The van der Waals surface area contributed by atoms with Crippen LogP contribution in [0.5, 0.6) is 0 Å². The van der Waals surface area contributed by atoms with Gasteiger partial charge in [0.1, 0.15) is 0 Å². The molecule has 4 aromatic heterocycles. The molecule has 9 heteroatoms. The molecule has 4 rings (SSSR count). The molecule has 1 amide bonds. The molecule has 0 saturated carbocycles. The van der Waals surface area contributed by atoms with E-state index in [-0.39, 0.29) is 12.3 Å². The van der Waals surface area contributed by atoms with Crippen molar-refractivity contribution >= 4 is 28.4 Å². The standard InChI is InChI=1S/C20H20ClN7O/c1-3-22-19(29)7-18-16-12-27(26-17(16)4-5-23-18)10-14-6-13(2)20(24-8-14)28-11-15(21)9-25-28/h4-6,8-9,11-12H,3,7,10H2,1-2H3,(H,22,29). The quantitative estimate of drug-likeness (QED) is 0.528. The van der Waals surface area contributed by atoms with Gasteiger partial charge in [0.15, 0.2) is 5.82 Å². The van der Waals surface area contributed by atoms with Gasteiger partial charge in [-0.05, 0) is 37.1 Å². The minimum Gasteiger partial charge on any atom is -0.356 e. The molecule has 0 atom stereocenters. The lowest BCUT2D eigenvalue weighted by atomic mass is 10.2. The first-order chi connectivity index (χ1) is 14.0. The Labute approximate surface area is 172 Å². The Hall–Kier alpha value is -3.26. The number of carbonyl (C=O) groups excluding carboxylic acids is 1. The molecule has 0 spiro atoms. The van der Waals surface area contributed by atoms with Crippen LogP contribution in [0.15, 0.2) is 43.1 Å². The van der Waals surface area contributed by atoms with Crippen LogP contribution in [-0.4, -0.2) is 42.0 Å². The van der Waals surface area contributed by atoms with Crippen LogP contribution < -0.4 is 5.32 Å². The van der Waals surface area contributed by atoms with E-state index in [1.54, 1.807) is 29.5 Å². The van der Waals surface area contributed by atoms with Crippen molar-refractivity contribution in [2.75, 3.05) is 6.54 Å². The van der Waals surface area contributed by atoms with Gasteiger partial charge in [-0.3, -0.25) is 14.5 Å². The van der Waals surface area contributed by atoms with Crippen molar-refractivity contribution in [2.24, 2.45) is 0 Å². The lowest BCUT2D eigenvalue weighted by Crippen LogP contribution is -2.24. The van der Waals surface area contributed by atoms with Gasteiger partial charge in [-0.15, -0.1) is 0 Å². The molecule has 8 nitrogen and oxygen atoms in total. The maximum atomic E-state index is 11.9. The molecular formula is C20H20ClN7O. The lowest BCUT2D eigenvalue weighted by molar-refractivity contribution is -0.120. The molecule has 0 fully saturated rings. The third kappa shape index (κ3) is 4.12. The van der Waals surface area contributed by atoms with E-state index in [2.05, 4.69) is 31.5 Å². The lowest BCUT2D eigenvalue weighted by Gasteiger charge is -2.07. The molecule has 148 valence electrons. The number of carbonyl (C=O) groups is 1. The van der Waals surface area contributed by atoms with Crippen LogP contribution in [0.4, 0.5) is 0 Å². The summed E-state index contributed by atoms with van der Waals surface area (Å²) in [4.78, 5) is 20.8. The number of nitrogens with zero attached hydrogens (tertiary/aromatic N) is 6. The maximum Gasteiger partial charge on any atom is 0.226 e. The molecule has 0 unspecified atom stereocenters. The highest BCUT2D eigenvalue weighted by Crippen LogP contribution is 2.18. The summed E-state index contributed by atoms with van der Waals surface area (Å²) in [6.07, 6.45) is 8.95. The minimum atomic E-state index is -0.0469. The number of fused-ring (bicyclic) bond motifs is 1. The number of aromatic nitrogens is 6. The van der Waals surface area contributed by atoms with Crippen LogP contribution in [0.25, 0.3) is 16.7 Å². The van der Waals surface area contributed by atoms with E-state index < -0.39 is 0 Å². The van der Waals surface area contributed by atoms with E-state index in [9.17, 15) is 4.79 Å². The molecule has 0 saturated heterocycles. The Balaban J connectivity index is 1.58. The number of likely N-dealkylation sites (N-methyl/N-ethyl adjacent to an activating group) is 1. The van der Waals surface area contributed by atoms with Crippen LogP contribution in [0.1, 0.15) is 23.7 Å². The highest BCUT2D eigenvalue weighted by atomic mass is 35.5. The molecule has 0 bridgehead atoms. The van der Waals surface area contributed by atoms with E-state index in [0.717, 1.165) is 33.5 Å². The SMILES string of the molecule is CCNC(=O)Cc1nccc2nn(Cc3cnc(-n4cc(Cl)cn4)c(C)c3)cc12. The van der Waals surface area contributed by atoms with Crippen LogP contribution in [-0.2, 0) is 17.8 Å². The summed E-state index contributed by atoms with van der Waals surface area (Å²) in [6.45, 7) is 5.03. The van der Waals surface area contributed by atoms with Crippen LogP contribution in [0.3, 0.4) is 0 Å². The topological polar surface area (TPSA) is 90.5 Å². The summed E-state index contributed by atoms with van der Waals surface area (Å²) < 4.78 is 3.50. The molecule has 0 radical (unpaired) electrons. The molecule has 0 aliphatic heterocycles. The summed E-state index contributed by atoms with van der Waals surface area (Å²) >= 11 is 5.95. The molecule has 4 heterocycles. The smallest absolute Gasteiger partial charge is 0.226 e. The number of hydrogen-bond acceptors (Lipinski definition) is 5. The van der Waals surface area contributed by atoms with Crippen LogP contribution >= 0.6 is 11.6 Å². The van der Waals surface area contributed by atoms with Gasteiger partial charge in [0.05, 0.1) is 41.6 Å². The predicted octanol–water partition coefficient (Wildman–Crippen LogP) is 2.70. The highest BCUT2D eigenvalue weighted by molar-refractivity contribution is 6.30. The molecule has 0 aliphatic rings. The van der Waals surface area contributed by atoms with Gasteiger partial charge in [0, 0.05) is 30.5 Å². The third-order valence-corrected chi connectivity index (χ3v) is 4.68. The first kappa shape index (κ1) is 19.1. The first-order valence-electron chi connectivity index (χ1n) is 9.27. The van der Waals surface area contributed by atoms with Crippen molar-refractivity contribution in [3.63, 3.8) is 0 Å². The minimum absolute atomic E-state index is 0.0469. The molecule has 4 aromatic rings. The van der Waals surface area contributed by atoms with Gasteiger partial charge in [0.25, 0.3) is 0 Å². The van der Waals surface area contributed by atoms with E-state index in [4.69, 9.17) is 11.6 Å². The largest absolute Gasteiger partial charge is 0.356 e. The average Bonchev–Trinajstić information content (AvgIpc) is 3.28. The van der Waals surface area contributed by atoms with E-state index >= 15 is 0 Å². The monoisotopic (exact) mass is 409 g/mol. The Morgan fingerprint density at radius 2 is 2.10 bits per heavy atom. The van der Waals surface area contributed by atoms with Gasteiger partial charge < -0.3 is 5.32 Å². The zero-order chi connectivity index (χ0) is 20.4. The summed E-state index contributed by atoms with van der Waals surface area (Å²) in [5, 5.41) is 13.1. The van der Waals surface area contributed by atoms with E-state index in [1.807, 2.05) is 30.8 Å². The molecule has 29 heavy (non-hydrogen) atoms. The fourth-order valence-electron chi connectivity index (χ4n) is 3.24. The van der Waals surface area contributed by atoms with Crippen LogP contribution in [0, 0.1) is 6.92 Å². The average molecular weight is 410 g/mol. The summed E-state index contributed by atoms with van der Waals surface area (Å²) in [6, 6.07) is 3.90. The zero-order valence-electron chi connectivity index (χ0n) is 16.1. The number of hydrogen-bond donors (Lipinski definition) is 1. The van der Waals surface area contributed by atoms with Crippen molar-refractivity contribution in [1.29, 1.82) is 0 Å². The first-order valence-corrected chi connectivity index (χ1v) is 9.65. The second kappa shape index (κ2) is 8.00. The number of rotatable bonds is 6. The number of pyridine rings is 2. The van der Waals surface area contributed by atoms with Crippen molar-refractivity contribution in [1.82, 2.24) is 34.8 Å². The van der Waals surface area contributed by atoms with E-state index in [1.165, 1.54) is 0 Å². The van der Waals surface area contributed by atoms with Gasteiger partial charge in [-0.25, -0.2) is 9.67 Å². The number of amides is 1.